The summed E-state index contributed by atoms with van der Waals surface area (Å²) in [6, 6.07) is 8.77. The van der Waals surface area contributed by atoms with Crippen LogP contribution >= 0.6 is 0 Å². The van der Waals surface area contributed by atoms with Crippen molar-refractivity contribution >= 4 is 17.3 Å². The van der Waals surface area contributed by atoms with Crippen molar-refractivity contribution in [2.24, 2.45) is 0 Å². The fourth-order valence-corrected chi connectivity index (χ4v) is 1.77. The molecule has 0 heterocycles. The minimum absolute atomic E-state index is 0.0779. The molecule has 0 aliphatic carbocycles. The van der Waals surface area contributed by atoms with E-state index in [-0.39, 0.29) is 11.3 Å². The monoisotopic (exact) mass is 290 g/mol. The molecule has 0 saturated heterocycles. The van der Waals surface area contributed by atoms with Crippen LogP contribution in [0.1, 0.15) is 10.4 Å². The van der Waals surface area contributed by atoms with E-state index in [9.17, 15) is 9.18 Å². The standard InChI is InChI=1S/C15H15FN2O3/c1-20-11-6-10(7-12(8-11)21-2)18-15(19)9-3-4-13(16)14(17)5-9/h3-8H,17H2,1-2H3,(H,18,19). The molecule has 5 nitrogen and oxygen atoms in total. The molecule has 0 saturated carbocycles. The average Bonchev–Trinajstić information content (AvgIpc) is 2.49. The van der Waals surface area contributed by atoms with Crippen LogP contribution in [0.15, 0.2) is 36.4 Å². The number of hydrogen-bond acceptors (Lipinski definition) is 4. The molecular weight excluding hydrogens is 275 g/mol. The summed E-state index contributed by atoms with van der Waals surface area (Å²) < 4.78 is 23.3. The minimum Gasteiger partial charge on any atom is -0.497 e. The summed E-state index contributed by atoms with van der Waals surface area (Å²) in [6.45, 7) is 0. The maximum absolute atomic E-state index is 13.1. The van der Waals surface area contributed by atoms with Crippen LogP contribution in [-0.4, -0.2) is 20.1 Å². The Morgan fingerprint density at radius 3 is 2.24 bits per heavy atom. The third-order valence-corrected chi connectivity index (χ3v) is 2.87. The molecule has 0 aliphatic rings. The van der Waals surface area contributed by atoms with Crippen molar-refractivity contribution in [2.45, 2.75) is 0 Å². The van der Waals surface area contributed by atoms with Crippen LogP contribution < -0.4 is 20.5 Å². The van der Waals surface area contributed by atoms with Crippen LogP contribution in [-0.2, 0) is 0 Å². The van der Waals surface area contributed by atoms with E-state index >= 15 is 0 Å². The van der Waals surface area contributed by atoms with Crippen molar-refractivity contribution in [1.82, 2.24) is 0 Å². The molecule has 3 N–H and O–H groups in total. The number of carbonyl (C=O) groups is 1. The molecule has 0 bridgehead atoms. The fraction of sp³-hybridized carbons (Fsp3) is 0.133. The molecule has 0 fully saturated rings. The fourth-order valence-electron chi connectivity index (χ4n) is 1.77. The molecule has 0 spiro atoms. The van der Waals surface area contributed by atoms with Gasteiger partial charge in [-0.05, 0) is 18.2 Å². The number of nitrogen functional groups attached to an aromatic ring is 1. The number of hydrogen-bond donors (Lipinski definition) is 2. The van der Waals surface area contributed by atoms with E-state index in [0.29, 0.717) is 17.2 Å². The van der Waals surface area contributed by atoms with E-state index in [0.717, 1.165) is 6.07 Å². The Hall–Kier alpha value is -2.76. The lowest BCUT2D eigenvalue weighted by molar-refractivity contribution is 0.102. The average molecular weight is 290 g/mol. The van der Waals surface area contributed by atoms with Gasteiger partial charge in [0.1, 0.15) is 17.3 Å². The van der Waals surface area contributed by atoms with Crippen LogP contribution in [0.5, 0.6) is 11.5 Å². The number of amides is 1. The molecule has 110 valence electrons. The van der Waals surface area contributed by atoms with Crippen molar-refractivity contribution in [2.75, 3.05) is 25.3 Å². The molecule has 0 unspecified atom stereocenters. The maximum atomic E-state index is 13.1. The van der Waals surface area contributed by atoms with E-state index in [4.69, 9.17) is 15.2 Å². The summed E-state index contributed by atoms with van der Waals surface area (Å²) >= 11 is 0. The second kappa shape index (κ2) is 6.13. The third kappa shape index (κ3) is 3.42. The molecule has 0 aliphatic heterocycles. The van der Waals surface area contributed by atoms with Crippen molar-refractivity contribution in [3.63, 3.8) is 0 Å². The minimum atomic E-state index is -0.561. The first kappa shape index (κ1) is 14.6. The number of methoxy groups -OCH3 is 2. The van der Waals surface area contributed by atoms with E-state index in [1.807, 2.05) is 0 Å². The summed E-state index contributed by atoms with van der Waals surface area (Å²) in [6.07, 6.45) is 0. The molecule has 0 radical (unpaired) electrons. The van der Waals surface area contributed by atoms with E-state index < -0.39 is 11.7 Å². The Kier molecular flexibility index (Phi) is 4.27. The van der Waals surface area contributed by atoms with Gasteiger partial charge in [0.05, 0.1) is 19.9 Å². The van der Waals surface area contributed by atoms with Gasteiger partial charge in [0.25, 0.3) is 5.91 Å². The van der Waals surface area contributed by atoms with Gasteiger partial charge in [0.15, 0.2) is 0 Å². The van der Waals surface area contributed by atoms with Crippen LogP contribution in [0.2, 0.25) is 0 Å². The molecule has 1 amide bonds. The zero-order chi connectivity index (χ0) is 15.4. The Labute approximate surface area is 121 Å². The molecule has 2 rings (SSSR count). The number of rotatable bonds is 4. The highest BCUT2D eigenvalue weighted by Gasteiger charge is 2.10. The van der Waals surface area contributed by atoms with E-state index in [1.165, 1.54) is 26.4 Å². The van der Waals surface area contributed by atoms with Crippen LogP contribution in [0.4, 0.5) is 15.8 Å². The Morgan fingerprint density at radius 1 is 1.10 bits per heavy atom. The Bertz CT molecular complexity index is 652. The summed E-state index contributed by atoms with van der Waals surface area (Å²) in [5, 5.41) is 2.68. The first-order valence-electron chi connectivity index (χ1n) is 6.13. The van der Waals surface area contributed by atoms with Gasteiger partial charge in [0.2, 0.25) is 0 Å². The van der Waals surface area contributed by atoms with Crippen LogP contribution in [0.25, 0.3) is 0 Å². The van der Waals surface area contributed by atoms with Gasteiger partial charge in [-0.2, -0.15) is 0 Å². The number of nitrogens with two attached hydrogens (primary N) is 1. The van der Waals surface area contributed by atoms with Gasteiger partial charge in [0, 0.05) is 29.4 Å². The predicted octanol–water partition coefficient (Wildman–Crippen LogP) is 2.68. The largest absolute Gasteiger partial charge is 0.497 e. The van der Waals surface area contributed by atoms with Crippen molar-refractivity contribution < 1.29 is 18.7 Å². The van der Waals surface area contributed by atoms with Crippen molar-refractivity contribution in [3.8, 4) is 11.5 Å². The first-order chi connectivity index (χ1) is 10.0. The number of anilines is 2. The molecule has 0 atom stereocenters. The molecule has 0 aromatic heterocycles. The SMILES string of the molecule is COc1cc(NC(=O)c2ccc(F)c(N)c2)cc(OC)c1. The molecule has 21 heavy (non-hydrogen) atoms. The summed E-state index contributed by atoms with van der Waals surface area (Å²) in [5.74, 6) is 0.123. The van der Waals surface area contributed by atoms with E-state index in [2.05, 4.69) is 5.32 Å². The number of ether oxygens (including phenoxy) is 2. The second-order valence-corrected chi connectivity index (χ2v) is 4.29. The van der Waals surface area contributed by atoms with Crippen molar-refractivity contribution in [1.29, 1.82) is 0 Å². The smallest absolute Gasteiger partial charge is 0.255 e. The summed E-state index contributed by atoms with van der Waals surface area (Å²) in [7, 11) is 3.03. The summed E-state index contributed by atoms with van der Waals surface area (Å²) in [4.78, 5) is 12.1. The Balaban J connectivity index is 2.24. The van der Waals surface area contributed by atoms with Crippen LogP contribution in [0.3, 0.4) is 0 Å². The second-order valence-electron chi connectivity index (χ2n) is 4.29. The summed E-state index contributed by atoms with van der Waals surface area (Å²) in [5.41, 5.74) is 6.13. The number of halogens is 1. The first-order valence-corrected chi connectivity index (χ1v) is 6.13. The van der Waals surface area contributed by atoms with Gasteiger partial charge < -0.3 is 20.5 Å². The molecule has 2 aromatic rings. The quantitative estimate of drug-likeness (QED) is 0.849. The molecular formula is C15H15FN2O3. The zero-order valence-corrected chi connectivity index (χ0v) is 11.6. The number of nitrogens with one attached hydrogen (secondary N) is 1. The molecule has 6 heteroatoms. The Morgan fingerprint density at radius 2 is 1.71 bits per heavy atom. The number of carbonyl (C=O) groups excluding carboxylic acids is 1. The predicted molar refractivity (Wildman–Crippen MR) is 78.3 cm³/mol. The highest BCUT2D eigenvalue weighted by atomic mass is 19.1. The van der Waals surface area contributed by atoms with E-state index in [1.54, 1.807) is 18.2 Å². The highest BCUT2D eigenvalue weighted by Crippen LogP contribution is 2.26. The zero-order valence-electron chi connectivity index (χ0n) is 11.6. The van der Waals surface area contributed by atoms with Gasteiger partial charge in [-0.3, -0.25) is 4.79 Å². The lowest BCUT2D eigenvalue weighted by Crippen LogP contribution is -2.12. The highest BCUT2D eigenvalue weighted by molar-refractivity contribution is 6.05. The third-order valence-electron chi connectivity index (χ3n) is 2.87. The maximum Gasteiger partial charge on any atom is 0.255 e. The van der Waals surface area contributed by atoms with Gasteiger partial charge in [-0.15, -0.1) is 0 Å². The lowest BCUT2D eigenvalue weighted by atomic mass is 10.1. The van der Waals surface area contributed by atoms with Gasteiger partial charge in [-0.1, -0.05) is 0 Å². The lowest BCUT2D eigenvalue weighted by Gasteiger charge is -2.10. The van der Waals surface area contributed by atoms with Gasteiger partial charge >= 0.3 is 0 Å². The van der Waals surface area contributed by atoms with Crippen LogP contribution in [0, 0.1) is 5.82 Å². The topological polar surface area (TPSA) is 73.6 Å². The van der Waals surface area contributed by atoms with Gasteiger partial charge in [-0.25, -0.2) is 4.39 Å². The molecule has 2 aromatic carbocycles. The van der Waals surface area contributed by atoms with Crippen molar-refractivity contribution in [3.05, 3.63) is 47.8 Å². The number of benzene rings is 2. The normalized spacial score (nSPS) is 10.0.